The molecule has 5 heteroatoms. The number of hydrogen-bond donors (Lipinski definition) is 2. The van der Waals surface area contributed by atoms with E-state index in [9.17, 15) is 0 Å². The zero-order valence-corrected chi connectivity index (χ0v) is 23.9. The van der Waals surface area contributed by atoms with Crippen LogP contribution in [0.15, 0.2) is 41.1 Å². The lowest BCUT2D eigenvalue weighted by Crippen LogP contribution is -2.28. The molecule has 3 heterocycles. The Labute approximate surface area is 219 Å². The lowest BCUT2D eigenvalue weighted by Gasteiger charge is -2.29. The van der Waals surface area contributed by atoms with Crippen molar-refractivity contribution >= 4 is 24.3 Å². The first-order valence-corrected chi connectivity index (χ1v) is 13.6. The Hall–Kier alpha value is -2.40. The van der Waals surface area contributed by atoms with E-state index in [2.05, 4.69) is 82.2 Å². The van der Waals surface area contributed by atoms with Crippen molar-refractivity contribution in [1.29, 1.82) is 0 Å². The monoisotopic (exact) mass is 497 g/mol. The molecule has 0 radical (unpaired) electrons. The van der Waals surface area contributed by atoms with E-state index < -0.39 is 0 Å². The maximum Gasteiger partial charge on any atom is 0.290 e. The van der Waals surface area contributed by atoms with Gasteiger partial charge in [-0.1, -0.05) is 59.8 Å². The number of aromatic amines is 1. The number of likely N-dealkylation sites (tertiary alicyclic amines) is 1. The Bertz CT molecular complexity index is 978. The molecule has 2 N–H and O–H groups in total. The predicted octanol–water partition coefficient (Wildman–Crippen LogP) is 5.97. The molecule has 3 rings (SSSR count). The highest BCUT2D eigenvalue weighted by atomic mass is 16.3. The van der Waals surface area contributed by atoms with E-state index in [4.69, 9.17) is 9.90 Å². The molecule has 1 aromatic heterocycles. The van der Waals surface area contributed by atoms with Gasteiger partial charge in [0.15, 0.2) is 0 Å². The predicted molar refractivity (Wildman–Crippen MR) is 156 cm³/mol. The molecule has 36 heavy (non-hydrogen) atoms. The third-order valence-electron chi connectivity index (χ3n) is 7.37. The van der Waals surface area contributed by atoms with Crippen LogP contribution in [0.3, 0.4) is 0 Å². The van der Waals surface area contributed by atoms with E-state index in [1.54, 1.807) is 0 Å². The Morgan fingerprint density at radius 3 is 2.53 bits per heavy atom. The fourth-order valence-corrected chi connectivity index (χ4v) is 5.12. The van der Waals surface area contributed by atoms with Crippen molar-refractivity contribution < 1.29 is 9.90 Å². The molecule has 0 bridgehead atoms. The Balaban J connectivity index is 0.000000349. The summed E-state index contributed by atoms with van der Waals surface area (Å²) in [5, 5.41) is 9.38. The minimum atomic E-state index is -0.250. The normalized spacial score (nSPS) is 21.7. The zero-order valence-electron chi connectivity index (χ0n) is 23.9. The van der Waals surface area contributed by atoms with E-state index >= 15 is 0 Å². The number of allylic oxidation sites excluding steroid dienone is 1. The van der Waals surface area contributed by atoms with Crippen molar-refractivity contribution in [2.24, 2.45) is 16.3 Å². The van der Waals surface area contributed by atoms with Crippen molar-refractivity contribution in [1.82, 2.24) is 9.88 Å². The maximum atomic E-state index is 8.36. The molecule has 2 aliphatic rings. The molecular weight excluding hydrogens is 446 g/mol. The summed E-state index contributed by atoms with van der Waals surface area (Å²) in [7, 11) is 0. The van der Waals surface area contributed by atoms with Crippen LogP contribution in [0.5, 0.6) is 0 Å². The lowest BCUT2D eigenvalue weighted by atomic mass is 9.77. The van der Waals surface area contributed by atoms with Crippen LogP contribution in [0.25, 0.3) is 11.6 Å². The van der Waals surface area contributed by atoms with Gasteiger partial charge in [0.2, 0.25) is 0 Å². The number of carboxylic acid groups (broad SMARTS) is 1. The van der Waals surface area contributed by atoms with Crippen LogP contribution in [0, 0.1) is 11.3 Å². The standard InChI is InChI=1S/C18H32N2.C12H17N.CH2O2/c1-6-17-14(2)15(12-19-17)13-20-10-7-8-16(9-11-20)18(3,4)5;1-4-6-10(3)12-11(7-5-2)8-9-13-12;2-1-3/h12,16-17H,6-11,13H2,1-5H3;5,7-9,13H,2,4,6H2,1,3H3;1H,(H,2,3)/b;11-7-,12-10+;. The average Bonchev–Trinajstić information content (AvgIpc) is 3.34. The minimum absolute atomic E-state index is 0.250. The summed E-state index contributed by atoms with van der Waals surface area (Å²) in [6, 6.07) is 2.54. The zero-order chi connectivity index (χ0) is 27.1. The van der Waals surface area contributed by atoms with Crippen molar-refractivity contribution in [3.63, 3.8) is 0 Å². The molecule has 0 aromatic carbocycles. The Morgan fingerprint density at radius 2 is 1.97 bits per heavy atom. The number of hydrogen-bond acceptors (Lipinski definition) is 3. The summed E-state index contributed by atoms with van der Waals surface area (Å²) in [6.07, 6.45) is 15.5. The molecule has 202 valence electrons. The molecule has 1 saturated heterocycles. The second kappa shape index (κ2) is 16.4. The van der Waals surface area contributed by atoms with Crippen LogP contribution in [0.4, 0.5) is 0 Å². The molecule has 0 saturated carbocycles. The summed E-state index contributed by atoms with van der Waals surface area (Å²) in [5.74, 6) is 0.878. The molecular formula is C31H51N3O2. The Kier molecular flexibility index (Phi) is 14.4. The van der Waals surface area contributed by atoms with Gasteiger partial charge < -0.3 is 10.1 Å². The smallest absolute Gasteiger partial charge is 0.290 e. The van der Waals surface area contributed by atoms with Crippen LogP contribution in [0.1, 0.15) is 87.0 Å². The van der Waals surface area contributed by atoms with Gasteiger partial charge in [-0.3, -0.25) is 14.7 Å². The fourth-order valence-electron chi connectivity index (χ4n) is 5.12. The highest BCUT2D eigenvalue weighted by Crippen LogP contribution is 2.34. The minimum Gasteiger partial charge on any atom is -0.483 e. The first-order chi connectivity index (χ1) is 17.1. The summed E-state index contributed by atoms with van der Waals surface area (Å²) < 4.78 is 0. The largest absolute Gasteiger partial charge is 0.483 e. The van der Waals surface area contributed by atoms with E-state index in [1.807, 2.05) is 18.3 Å². The molecule has 2 atom stereocenters. The van der Waals surface area contributed by atoms with Crippen LogP contribution < -0.4 is 10.6 Å². The number of carbonyl (C=O) groups is 1. The van der Waals surface area contributed by atoms with Gasteiger partial charge in [0, 0.05) is 24.3 Å². The number of aliphatic imine (C=N–C) groups is 1. The van der Waals surface area contributed by atoms with Crippen molar-refractivity contribution in [3.8, 4) is 0 Å². The number of H-pyrrole nitrogens is 1. The van der Waals surface area contributed by atoms with Gasteiger partial charge in [0.1, 0.15) is 0 Å². The second-order valence-electron chi connectivity index (χ2n) is 11.0. The van der Waals surface area contributed by atoms with Crippen LogP contribution >= 0.6 is 0 Å². The van der Waals surface area contributed by atoms with E-state index in [0.717, 1.165) is 25.3 Å². The third kappa shape index (κ3) is 10.3. The number of nitrogens with one attached hydrogen (secondary N) is 1. The van der Waals surface area contributed by atoms with Crippen molar-refractivity contribution in [2.75, 3.05) is 19.6 Å². The molecule has 0 amide bonds. The quantitative estimate of drug-likeness (QED) is 0.476. The van der Waals surface area contributed by atoms with Gasteiger partial charge in [-0.15, -0.1) is 0 Å². The van der Waals surface area contributed by atoms with Gasteiger partial charge in [-0.25, -0.2) is 0 Å². The SMILES string of the molecule is C=C/C=c1/cc[nH]/c1=C(\C)CCC.CCC1N=CC(CN2CCCC(C(C)(C)C)CC2)=C1C.O=CO. The Morgan fingerprint density at radius 1 is 1.28 bits per heavy atom. The number of rotatable bonds is 6. The summed E-state index contributed by atoms with van der Waals surface area (Å²) in [4.78, 5) is 18.9. The van der Waals surface area contributed by atoms with Gasteiger partial charge in [-0.05, 0) is 98.4 Å². The van der Waals surface area contributed by atoms with E-state index in [1.165, 1.54) is 66.1 Å². The number of aromatic nitrogens is 1. The molecule has 2 aliphatic heterocycles. The molecule has 0 aliphatic carbocycles. The van der Waals surface area contributed by atoms with Gasteiger partial charge in [0.25, 0.3) is 6.47 Å². The molecule has 2 unspecified atom stereocenters. The third-order valence-corrected chi connectivity index (χ3v) is 7.37. The topological polar surface area (TPSA) is 68.7 Å². The summed E-state index contributed by atoms with van der Waals surface area (Å²) in [6.45, 7) is 23.1. The average molecular weight is 498 g/mol. The fraction of sp³-hybridized carbons (Fsp3) is 0.613. The molecule has 5 nitrogen and oxygen atoms in total. The summed E-state index contributed by atoms with van der Waals surface area (Å²) in [5.41, 5.74) is 4.86. The van der Waals surface area contributed by atoms with Crippen molar-refractivity contribution in [2.45, 2.75) is 93.0 Å². The van der Waals surface area contributed by atoms with Crippen LogP contribution in [0.2, 0.25) is 0 Å². The van der Waals surface area contributed by atoms with Crippen LogP contribution in [-0.2, 0) is 4.79 Å². The summed E-state index contributed by atoms with van der Waals surface area (Å²) >= 11 is 0. The highest BCUT2D eigenvalue weighted by Gasteiger charge is 2.27. The number of nitrogens with zero attached hydrogens (tertiary/aromatic N) is 2. The maximum absolute atomic E-state index is 8.36. The lowest BCUT2D eigenvalue weighted by molar-refractivity contribution is -0.122. The van der Waals surface area contributed by atoms with Gasteiger partial charge in [0.05, 0.1) is 6.04 Å². The second-order valence-corrected chi connectivity index (χ2v) is 11.0. The van der Waals surface area contributed by atoms with Crippen LogP contribution in [-0.4, -0.2) is 53.4 Å². The van der Waals surface area contributed by atoms with Crippen molar-refractivity contribution in [3.05, 3.63) is 46.6 Å². The first-order valence-electron chi connectivity index (χ1n) is 13.6. The molecule has 1 fully saturated rings. The molecule has 0 spiro atoms. The highest BCUT2D eigenvalue weighted by molar-refractivity contribution is 5.83. The molecule has 1 aromatic rings. The first kappa shape index (κ1) is 31.6. The van der Waals surface area contributed by atoms with Gasteiger partial charge >= 0.3 is 0 Å². The van der Waals surface area contributed by atoms with E-state index in [-0.39, 0.29) is 6.47 Å². The van der Waals surface area contributed by atoms with E-state index in [0.29, 0.717) is 11.5 Å². The van der Waals surface area contributed by atoms with Gasteiger partial charge in [-0.2, -0.15) is 0 Å².